The Morgan fingerprint density at radius 2 is 2.08 bits per heavy atom. The summed E-state index contributed by atoms with van der Waals surface area (Å²) in [5.74, 6) is 0.139. The molecule has 0 spiro atoms. The summed E-state index contributed by atoms with van der Waals surface area (Å²) in [5, 5.41) is 3.05. The van der Waals surface area contributed by atoms with Crippen LogP contribution < -0.4 is 10.2 Å². The molecule has 2 fully saturated rings. The zero-order valence-corrected chi connectivity index (χ0v) is 15.4. The summed E-state index contributed by atoms with van der Waals surface area (Å²) in [5.41, 5.74) is 2.58. The molecule has 138 valence electrons. The van der Waals surface area contributed by atoms with Crippen LogP contribution in [0.1, 0.15) is 31.2 Å². The molecule has 1 atom stereocenters. The summed E-state index contributed by atoms with van der Waals surface area (Å²) < 4.78 is 5.70. The van der Waals surface area contributed by atoms with Gasteiger partial charge in [0.05, 0.1) is 12.6 Å². The number of nitrogens with zero attached hydrogens (tertiary/aromatic N) is 2. The lowest BCUT2D eigenvalue weighted by Gasteiger charge is -2.35. The van der Waals surface area contributed by atoms with E-state index in [2.05, 4.69) is 46.3 Å². The Morgan fingerprint density at radius 1 is 1.24 bits per heavy atom. The molecule has 5 heteroatoms. The Labute approximate surface area is 151 Å². The molecule has 5 nitrogen and oxygen atoms in total. The first-order chi connectivity index (χ1) is 12.2. The molecule has 1 aromatic carbocycles. The number of carbonyl (C=O) groups is 1. The zero-order chi connectivity index (χ0) is 17.5. The fourth-order valence-electron chi connectivity index (χ4n) is 3.66. The van der Waals surface area contributed by atoms with Crippen LogP contribution in [0.15, 0.2) is 24.3 Å². The number of aryl methyl sites for hydroxylation is 1. The fraction of sp³-hybridized carbons (Fsp3) is 0.650. The number of nitrogens with one attached hydrogen (secondary N) is 1. The third-order valence-corrected chi connectivity index (χ3v) is 5.17. The van der Waals surface area contributed by atoms with Gasteiger partial charge >= 0.3 is 0 Å². The topological polar surface area (TPSA) is 44.8 Å². The molecular formula is C20H31N3O2. The summed E-state index contributed by atoms with van der Waals surface area (Å²) >= 11 is 0. The summed E-state index contributed by atoms with van der Waals surface area (Å²) in [6, 6.07) is 8.64. The van der Waals surface area contributed by atoms with Crippen LogP contribution in [0, 0.1) is 6.92 Å². The van der Waals surface area contributed by atoms with Crippen molar-refractivity contribution in [2.75, 3.05) is 50.8 Å². The standard InChI is InChI=1S/C20H31N3O2/c1-17-5-4-6-18(15-17)23-12-10-22(11-13-23)16-20(24)21-9-8-19-7-2-3-14-25-19/h4-6,15,19H,2-3,7-14,16H2,1H3,(H,21,24). The average Bonchev–Trinajstić information content (AvgIpc) is 2.63. The molecule has 1 amide bonds. The summed E-state index contributed by atoms with van der Waals surface area (Å²) in [6.45, 7) is 8.08. The van der Waals surface area contributed by atoms with E-state index in [1.165, 1.54) is 24.1 Å². The Bertz CT molecular complexity index is 550. The van der Waals surface area contributed by atoms with Crippen molar-refractivity contribution >= 4 is 11.6 Å². The molecule has 2 aliphatic heterocycles. The maximum Gasteiger partial charge on any atom is 0.234 e. The molecule has 1 aromatic rings. The third kappa shape index (κ3) is 5.72. The number of hydrogen-bond donors (Lipinski definition) is 1. The lowest BCUT2D eigenvalue weighted by atomic mass is 10.1. The number of amides is 1. The van der Waals surface area contributed by atoms with Gasteiger partial charge in [0.25, 0.3) is 0 Å². The van der Waals surface area contributed by atoms with Crippen molar-refractivity contribution < 1.29 is 9.53 Å². The van der Waals surface area contributed by atoms with E-state index in [1.54, 1.807) is 0 Å². The minimum atomic E-state index is 0.139. The van der Waals surface area contributed by atoms with Gasteiger partial charge in [-0.25, -0.2) is 0 Å². The normalized spacial score (nSPS) is 22.0. The first kappa shape index (κ1) is 18.2. The van der Waals surface area contributed by atoms with Gasteiger partial charge < -0.3 is 15.0 Å². The van der Waals surface area contributed by atoms with E-state index in [0.29, 0.717) is 12.6 Å². The largest absolute Gasteiger partial charge is 0.378 e. The smallest absolute Gasteiger partial charge is 0.234 e. The molecule has 1 unspecified atom stereocenters. The summed E-state index contributed by atoms with van der Waals surface area (Å²) in [4.78, 5) is 16.8. The maximum absolute atomic E-state index is 12.1. The lowest BCUT2D eigenvalue weighted by Crippen LogP contribution is -2.49. The first-order valence-corrected chi connectivity index (χ1v) is 9.63. The van der Waals surface area contributed by atoms with Crippen molar-refractivity contribution in [3.63, 3.8) is 0 Å². The highest BCUT2D eigenvalue weighted by molar-refractivity contribution is 5.78. The molecule has 0 aliphatic carbocycles. The molecular weight excluding hydrogens is 314 g/mol. The average molecular weight is 345 g/mol. The Hall–Kier alpha value is -1.59. The summed E-state index contributed by atoms with van der Waals surface area (Å²) in [6.07, 6.45) is 4.84. The van der Waals surface area contributed by atoms with E-state index in [4.69, 9.17) is 4.74 Å². The van der Waals surface area contributed by atoms with E-state index in [-0.39, 0.29) is 5.91 Å². The molecule has 25 heavy (non-hydrogen) atoms. The van der Waals surface area contributed by atoms with Crippen molar-refractivity contribution in [1.82, 2.24) is 10.2 Å². The van der Waals surface area contributed by atoms with Crippen molar-refractivity contribution in [3.8, 4) is 0 Å². The fourth-order valence-corrected chi connectivity index (χ4v) is 3.66. The highest BCUT2D eigenvalue weighted by Crippen LogP contribution is 2.18. The van der Waals surface area contributed by atoms with Gasteiger partial charge in [0.2, 0.25) is 5.91 Å². The van der Waals surface area contributed by atoms with Gasteiger partial charge in [0.15, 0.2) is 0 Å². The van der Waals surface area contributed by atoms with Crippen LogP contribution in [-0.2, 0) is 9.53 Å². The second kappa shape index (κ2) is 9.20. The molecule has 0 saturated carbocycles. The predicted molar refractivity (Wildman–Crippen MR) is 101 cm³/mol. The number of carbonyl (C=O) groups excluding carboxylic acids is 1. The third-order valence-electron chi connectivity index (χ3n) is 5.17. The molecule has 1 N–H and O–H groups in total. The van der Waals surface area contributed by atoms with Gasteiger partial charge in [-0.2, -0.15) is 0 Å². The van der Waals surface area contributed by atoms with Gasteiger partial charge in [-0.05, 0) is 50.3 Å². The number of benzene rings is 1. The van der Waals surface area contributed by atoms with Crippen LogP contribution >= 0.6 is 0 Å². The quantitative estimate of drug-likeness (QED) is 0.858. The molecule has 2 saturated heterocycles. The van der Waals surface area contributed by atoms with Crippen LogP contribution in [0.3, 0.4) is 0 Å². The highest BCUT2D eigenvalue weighted by Gasteiger charge is 2.19. The zero-order valence-electron chi connectivity index (χ0n) is 15.4. The first-order valence-electron chi connectivity index (χ1n) is 9.63. The number of rotatable bonds is 6. The van der Waals surface area contributed by atoms with Crippen molar-refractivity contribution in [3.05, 3.63) is 29.8 Å². The SMILES string of the molecule is Cc1cccc(N2CCN(CC(=O)NCCC3CCCCO3)CC2)c1. The van der Waals surface area contributed by atoms with Gasteiger partial charge in [-0.3, -0.25) is 9.69 Å². The Morgan fingerprint density at radius 3 is 2.80 bits per heavy atom. The highest BCUT2D eigenvalue weighted by atomic mass is 16.5. The second-order valence-electron chi connectivity index (χ2n) is 7.23. The van der Waals surface area contributed by atoms with Crippen molar-refractivity contribution in [2.45, 2.75) is 38.7 Å². The molecule has 0 aromatic heterocycles. The lowest BCUT2D eigenvalue weighted by molar-refractivity contribution is -0.122. The minimum Gasteiger partial charge on any atom is -0.378 e. The Kier molecular flexibility index (Phi) is 6.70. The molecule has 0 radical (unpaired) electrons. The van der Waals surface area contributed by atoms with Crippen LogP contribution in [0.2, 0.25) is 0 Å². The monoisotopic (exact) mass is 345 g/mol. The van der Waals surface area contributed by atoms with E-state index in [9.17, 15) is 4.79 Å². The van der Waals surface area contributed by atoms with Gasteiger partial charge in [-0.15, -0.1) is 0 Å². The van der Waals surface area contributed by atoms with Gasteiger partial charge in [0, 0.05) is 45.0 Å². The second-order valence-corrected chi connectivity index (χ2v) is 7.23. The number of piperazine rings is 1. The predicted octanol–water partition coefficient (Wildman–Crippen LogP) is 2.19. The van der Waals surface area contributed by atoms with Gasteiger partial charge in [0.1, 0.15) is 0 Å². The maximum atomic E-state index is 12.1. The van der Waals surface area contributed by atoms with Gasteiger partial charge in [-0.1, -0.05) is 12.1 Å². The van der Waals surface area contributed by atoms with Crippen LogP contribution in [0.25, 0.3) is 0 Å². The van der Waals surface area contributed by atoms with Crippen LogP contribution in [-0.4, -0.2) is 62.8 Å². The van der Waals surface area contributed by atoms with Crippen molar-refractivity contribution in [2.24, 2.45) is 0 Å². The molecule has 3 rings (SSSR count). The number of ether oxygens (including phenoxy) is 1. The van der Waals surface area contributed by atoms with E-state index < -0.39 is 0 Å². The molecule has 2 aliphatic rings. The van der Waals surface area contributed by atoms with E-state index in [1.807, 2.05) is 0 Å². The molecule has 2 heterocycles. The van der Waals surface area contributed by atoms with E-state index >= 15 is 0 Å². The van der Waals surface area contributed by atoms with E-state index in [0.717, 1.165) is 52.2 Å². The van der Waals surface area contributed by atoms with Crippen LogP contribution in [0.5, 0.6) is 0 Å². The van der Waals surface area contributed by atoms with Crippen molar-refractivity contribution in [1.29, 1.82) is 0 Å². The molecule has 0 bridgehead atoms. The number of hydrogen-bond acceptors (Lipinski definition) is 4. The van der Waals surface area contributed by atoms with Crippen LogP contribution in [0.4, 0.5) is 5.69 Å². The summed E-state index contributed by atoms with van der Waals surface area (Å²) in [7, 11) is 0. The Balaban J connectivity index is 1.33. The number of anilines is 1. The minimum absolute atomic E-state index is 0.139.